The van der Waals surface area contributed by atoms with Gasteiger partial charge in [0, 0.05) is 12.1 Å². The molecular formula is C18H22FNO. The molecule has 0 atom stereocenters. The summed E-state index contributed by atoms with van der Waals surface area (Å²) in [7, 11) is 0. The van der Waals surface area contributed by atoms with Crippen molar-refractivity contribution in [1.29, 1.82) is 0 Å². The summed E-state index contributed by atoms with van der Waals surface area (Å²) in [6.45, 7) is 6.46. The number of hydrogen-bond acceptors (Lipinski definition) is 2. The van der Waals surface area contributed by atoms with E-state index in [0.717, 1.165) is 36.4 Å². The summed E-state index contributed by atoms with van der Waals surface area (Å²) in [6, 6.07) is 12.6. The average molecular weight is 287 g/mol. The van der Waals surface area contributed by atoms with Crippen LogP contribution in [-0.4, -0.2) is 6.54 Å². The zero-order valence-electron chi connectivity index (χ0n) is 12.7. The lowest BCUT2D eigenvalue weighted by Gasteiger charge is -2.13. The fraction of sp³-hybridized carbons (Fsp3) is 0.333. The van der Waals surface area contributed by atoms with Crippen molar-refractivity contribution in [3.05, 3.63) is 65.0 Å². The van der Waals surface area contributed by atoms with Crippen LogP contribution in [-0.2, 0) is 13.2 Å². The van der Waals surface area contributed by atoms with Gasteiger partial charge in [0.1, 0.15) is 18.2 Å². The molecule has 21 heavy (non-hydrogen) atoms. The molecule has 0 amide bonds. The molecule has 2 aromatic rings. The summed E-state index contributed by atoms with van der Waals surface area (Å²) in [4.78, 5) is 0. The highest BCUT2D eigenvalue weighted by molar-refractivity contribution is 5.37. The van der Waals surface area contributed by atoms with Crippen LogP contribution in [0.2, 0.25) is 0 Å². The maximum atomic E-state index is 12.9. The summed E-state index contributed by atoms with van der Waals surface area (Å²) in [6.07, 6.45) is 1.11. The minimum Gasteiger partial charge on any atom is -0.489 e. The van der Waals surface area contributed by atoms with Gasteiger partial charge in [0.2, 0.25) is 0 Å². The van der Waals surface area contributed by atoms with Crippen molar-refractivity contribution in [2.24, 2.45) is 0 Å². The highest BCUT2D eigenvalue weighted by Crippen LogP contribution is 2.21. The fourth-order valence-electron chi connectivity index (χ4n) is 2.13. The van der Waals surface area contributed by atoms with Gasteiger partial charge in [0.25, 0.3) is 0 Å². The molecule has 0 saturated carbocycles. The van der Waals surface area contributed by atoms with Crippen LogP contribution in [0.4, 0.5) is 4.39 Å². The van der Waals surface area contributed by atoms with Crippen LogP contribution in [0.15, 0.2) is 42.5 Å². The molecule has 112 valence electrons. The third-order valence-corrected chi connectivity index (χ3v) is 3.27. The average Bonchev–Trinajstić information content (AvgIpc) is 2.48. The molecule has 2 rings (SSSR count). The molecule has 0 aliphatic rings. The summed E-state index contributed by atoms with van der Waals surface area (Å²) in [5, 5.41) is 3.40. The quantitative estimate of drug-likeness (QED) is 0.770. The first-order valence-corrected chi connectivity index (χ1v) is 7.36. The summed E-state index contributed by atoms with van der Waals surface area (Å²) in [5.74, 6) is 0.659. The lowest BCUT2D eigenvalue weighted by molar-refractivity contribution is 0.302. The van der Waals surface area contributed by atoms with E-state index in [9.17, 15) is 4.39 Å². The first-order valence-electron chi connectivity index (χ1n) is 7.36. The molecule has 0 saturated heterocycles. The minimum absolute atomic E-state index is 0.224. The van der Waals surface area contributed by atoms with Crippen LogP contribution in [0.25, 0.3) is 0 Å². The summed E-state index contributed by atoms with van der Waals surface area (Å²) >= 11 is 0. The van der Waals surface area contributed by atoms with Crippen molar-refractivity contribution < 1.29 is 9.13 Å². The largest absolute Gasteiger partial charge is 0.489 e. The fourth-order valence-corrected chi connectivity index (χ4v) is 2.13. The molecule has 0 fully saturated rings. The maximum Gasteiger partial charge on any atom is 0.124 e. The Morgan fingerprint density at radius 3 is 2.57 bits per heavy atom. The molecule has 0 bridgehead atoms. The van der Waals surface area contributed by atoms with E-state index in [0.29, 0.717) is 6.61 Å². The molecule has 0 aliphatic carbocycles. The highest BCUT2D eigenvalue weighted by atomic mass is 19.1. The lowest BCUT2D eigenvalue weighted by atomic mass is 10.1. The van der Waals surface area contributed by atoms with Gasteiger partial charge in [-0.1, -0.05) is 36.8 Å². The molecule has 3 heteroatoms. The van der Waals surface area contributed by atoms with Crippen molar-refractivity contribution in [2.45, 2.75) is 33.4 Å². The molecule has 2 nitrogen and oxygen atoms in total. The smallest absolute Gasteiger partial charge is 0.124 e. The topological polar surface area (TPSA) is 21.3 Å². The second kappa shape index (κ2) is 7.79. The highest BCUT2D eigenvalue weighted by Gasteiger charge is 2.05. The van der Waals surface area contributed by atoms with Crippen molar-refractivity contribution in [3.63, 3.8) is 0 Å². The third-order valence-electron chi connectivity index (χ3n) is 3.27. The van der Waals surface area contributed by atoms with Gasteiger partial charge in [-0.2, -0.15) is 0 Å². The van der Waals surface area contributed by atoms with Crippen LogP contribution in [0.1, 0.15) is 30.0 Å². The Labute approximate surface area is 126 Å². The van der Waals surface area contributed by atoms with E-state index in [-0.39, 0.29) is 5.82 Å². The predicted octanol–water partition coefficient (Wildman–Crippen LogP) is 4.21. The van der Waals surface area contributed by atoms with Crippen molar-refractivity contribution in [1.82, 2.24) is 5.32 Å². The SMILES string of the molecule is CCCNCc1cc(C)ccc1OCc1ccc(F)cc1. The molecule has 0 heterocycles. The molecule has 0 spiro atoms. The molecule has 0 aromatic heterocycles. The van der Waals surface area contributed by atoms with Crippen molar-refractivity contribution in [3.8, 4) is 5.75 Å². The monoisotopic (exact) mass is 287 g/mol. The second-order valence-electron chi connectivity index (χ2n) is 5.20. The lowest BCUT2D eigenvalue weighted by Crippen LogP contribution is -2.14. The zero-order chi connectivity index (χ0) is 15.1. The normalized spacial score (nSPS) is 10.6. The predicted molar refractivity (Wildman–Crippen MR) is 83.9 cm³/mol. The zero-order valence-corrected chi connectivity index (χ0v) is 12.7. The summed E-state index contributed by atoms with van der Waals surface area (Å²) < 4.78 is 18.8. The number of hydrogen-bond donors (Lipinski definition) is 1. The van der Waals surface area contributed by atoms with Gasteiger partial charge >= 0.3 is 0 Å². The van der Waals surface area contributed by atoms with Crippen molar-refractivity contribution >= 4 is 0 Å². The van der Waals surface area contributed by atoms with E-state index < -0.39 is 0 Å². The van der Waals surface area contributed by atoms with E-state index in [4.69, 9.17) is 4.74 Å². The van der Waals surface area contributed by atoms with E-state index in [2.05, 4.69) is 25.2 Å². The Morgan fingerprint density at radius 1 is 1.10 bits per heavy atom. The molecular weight excluding hydrogens is 265 g/mol. The number of halogens is 1. The van der Waals surface area contributed by atoms with E-state index in [1.807, 2.05) is 12.1 Å². The summed E-state index contributed by atoms with van der Waals surface area (Å²) in [5.41, 5.74) is 3.34. The van der Waals surface area contributed by atoms with Crippen LogP contribution >= 0.6 is 0 Å². The van der Waals surface area contributed by atoms with Gasteiger partial charge in [-0.25, -0.2) is 4.39 Å². The Hall–Kier alpha value is -1.87. The maximum absolute atomic E-state index is 12.9. The van der Waals surface area contributed by atoms with Crippen molar-refractivity contribution in [2.75, 3.05) is 6.54 Å². The van der Waals surface area contributed by atoms with Gasteiger partial charge in [0.15, 0.2) is 0 Å². The van der Waals surface area contributed by atoms with E-state index in [1.165, 1.54) is 17.7 Å². The van der Waals surface area contributed by atoms with Crippen LogP contribution in [0.5, 0.6) is 5.75 Å². The first kappa shape index (κ1) is 15.5. The Bertz CT molecular complexity index is 566. The van der Waals surface area contributed by atoms with E-state index >= 15 is 0 Å². The van der Waals surface area contributed by atoms with Crippen LogP contribution < -0.4 is 10.1 Å². The third kappa shape index (κ3) is 4.87. The van der Waals surface area contributed by atoms with Crippen LogP contribution in [0, 0.1) is 12.7 Å². The minimum atomic E-state index is -0.224. The first-order chi connectivity index (χ1) is 10.2. The van der Waals surface area contributed by atoms with Gasteiger partial charge in [-0.15, -0.1) is 0 Å². The van der Waals surface area contributed by atoms with Crippen LogP contribution in [0.3, 0.4) is 0 Å². The number of nitrogens with one attached hydrogen (secondary N) is 1. The molecule has 1 N–H and O–H groups in total. The van der Waals surface area contributed by atoms with Gasteiger partial charge in [0.05, 0.1) is 0 Å². The second-order valence-corrected chi connectivity index (χ2v) is 5.20. The van der Waals surface area contributed by atoms with Gasteiger partial charge in [-0.3, -0.25) is 0 Å². The Kier molecular flexibility index (Phi) is 5.76. The molecule has 0 aliphatic heterocycles. The Balaban J connectivity index is 2.02. The number of rotatable bonds is 7. The number of benzene rings is 2. The molecule has 2 aromatic carbocycles. The Morgan fingerprint density at radius 2 is 1.86 bits per heavy atom. The number of ether oxygens (including phenoxy) is 1. The standard InChI is InChI=1S/C18H22FNO/c1-3-10-20-12-16-11-14(2)4-9-18(16)21-13-15-5-7-17(19)8-6-15/h4-9,11,20H,3,10,12-13H2,1-2H3. The van der Waals surface area contributed by atoms with E-state index in [1.54, 1.807) is 12.1 Å². The molecule has 0 radical (unpaired) electrons. The van der Waals surface area contributed by atoms with Gasteiger partial charge in [-0.05, 0) is 43.7 Å². The number of aryl methyl sites for hydroxylation is 1. The van der Waals surface area contributed by atoms with Gasteiger partial charge < -0.3 is 10.1 Å². The molecule has 0 unspecified atom stereocenters.